The summed E-state index contributed by atoms with van der Waals surface area (Å²) in [5.74, 6) is -0.863. The molecule has 2 aromatic rings. The summed E-state index contributed by atoms with van der Waals surface area (Å²) in [4.78, 5) is 23.8. The van der Waals surface area contributed by atoms with Crippen molar-refractivity contribution in [2.24, 2.45) is 0 Å². The average molecular weight is 439 g/mol. The van der Waals surface area contributed by atoms with Crippen molar-refractivity contribution in [3.05, 3.63) is 48.0 Å². The summed E-state index contributed by atoms with van der Waals surface area (Å²) < 4.78 is 56.3. The van der Waals surface area contributed by atoms with Gasteiger partial charge in [0.15, 0.2) is 24.7 Å². The van der Waals surface area contributed by atoms with Gasteiger partial charge in [0.25, 0.3) is 5.91 Å². The van der Waals surface area contributed by atoms with Crippen molar-refractivity contribution in [2.45, 2.75) is 32.2 Å². The zero-order chi connectivity index (χ0) is 22.6. The lowest BCUT2D eigenvalue weighted by Crippen LogP contribution is -2.25. The molecule has 0 saturated carbocycles. The Labute approximate surface area is 176 Å². The van der Waals surface area contributed by atoms with Crippen LogP contribution in [0.3, 0.4) is 0 Å². The maximum atomic E-state index is 12.1. The maximum Gasteiger partial charge on any atom is 0.573 e. The highest BCUT2D eigenvalue weighted by atomic mass is 19.4. The second-order valence-electron chi connectivity index (χ2n) is 7.35. The molecule has 10 heteroatoms. The topological polar surface area (TPSA) is 83.1 Å². The summed E-state index contributed by atoms with van der Waals surface area (Å²) in [5, 5.41) is 2.39. The van der Waals surface area contributed by atoms with Crippen LogP contribution in [0.25, 0.3) is 0 Å². The summed E-state index contributed by atoms with van der Waals surface area (Å²) in [7, 11) is 0. The molecule has 166 valence electrons. The third kappa shape index (κ3) is 6.53. The number of esters is 1. The number of carbonyl (C=O) groups is 2. The second-order valence-corrected chi connectivity index (χ2v) is 7.35. The fourth-order valence-corrected chi connectivity index (χ4v) is 2.96. The van der Waals surface area contributed by atoms with Crippen LogP contribution in [-0.2, 0) is 20.7 Å². The van der Waals surface area contributed by atoms with Gasteiger partial charge in [-0.15, -0.1) is 13.2 Å². The van der Waals surface area contributed by atoms with Crippen LogP contribution in [0.2, 0.25) is 0 Å². The molecular weight excluding hydrogens is 419 g/mol. The van der Waals surface area contributed by atoms with Gasteiger partial charge in [-0.2, -0.15) is 0 Å². The van der Waals surface area contributed by atoms with Crippen molar-refractivity contribution >= 4 is 17.6 Å². The molecular formula is C21H20F3NO6. The number of fused-ring (bicyclic) bond motifs is 1. The Hall–Kier alpha value is -3.43. The van der Waals surface area contributed by atoms with Crippen LogP contribution in [0.1, 0.15) is 19.4 Å². The van der Waals surface area contributed by atoms with Gasteiger partial charge in [0.2, 0.25) is 0 Å². The first-order valence-corrected chi connectivity index (χ1v) is 9.26. The van der Waals surface area contributed by atoms with Crippen molar-refractivity contribution in [1.29, 1.82) is 0 Å². The van der Waals surface area contributed by atoms with Crippen molar-refractivity contribution < 1.29 is 41.7 Å². The highest BCUT2D eigenvalue weighted by Crippen LogP contribution is 2.41. The van der Waals surface area contributed by atoms with Gasteiger partial charge < -0.3 is 24.3 Å². The largest absolute Gasteiger partial charge is 0.573 e. The van der Waals surface area contributed by atoms with E-state index in [1.165, 1.54) is 12.1 Å². The molecule has 0 radical (unpaired) electrons. The maximum absolute atomic E-state index is 12.1. The summed E-state index contributed by atoms with van der Waals surface area (Å²) in [6.45, 7) is 2.89. The number of hydrogen-bond donors (Lipinski definition) is 1. The van der Waals surface area contributed by atoms with Gasteiger partial charge in [-0.25, -0.2) is 4.79 Å². The molecule has 1 aliphatic heterocycles. The van der Waals surface area contributed by atoms with Crippen molar-refractivity contribution in [1.82, 2.24) is 0 Å². The van der Waals surface area contributed by atoms with Crippen LogP contribution < -0.4 is 19.5 Å². The Morgan fingerprint density at radius 2 is 1.81 bits per heavy atom. The smallest absolute Gasteiger partial charge is 0.483 e. The molecule has 0 aliphatic carbocycles. The van der Waals surface area contributed by atoms with Crippen LogP contribution in [0.5, 0.6) is 17.2 Å². The molecule has 7 nitrogen and oxygen atoms in total. The van der Waals surface area contributed by atoms with Crippen LogP contribution in [-0.4, -0.2) is 37.1 Å². The van der Waals surface area contributed by atoms with Crippen LogP contribution >= 0.6 is 0 Å². The van der Waals surface area contributed by atoms with E-state index in [1.54, 1.807) is 12.1 Å². The number of hydrogen-bond acceptors (Lipinski definition) is 6. The highest BCUT2D eigenvalue weighted by Gasteiger charge is 2.32. The number of halogens is 3. The average Bonchev–Trinajstić information content (AvgIpc) is 2.99. The second kappa shape index (κ2) is 8.75. The van der Waals surface area contributed by atoms with E-state index in [2.05, 4.69) is 10.1 Å². The third-order valence-electron chi connectivity index (χ3n) is 4.14. The Morgan fingerprint density at radius 3 is 2.48 bits per heavy atom. The standard InChI is InChI=1S/C21H20F3NO6/c1-20(2)10-13-4-3-5-16(19(13)31-20)28-12-18(27)29-11-17(26)25-14-6-8-15(9-7-14)30-21(22,23)24/h3-9H,10-12H2,1-2H3,(H,25,26). The lowest BCUT2D eigenvalue weighted by Gasteiger charge is -2.18. The van der Waals surface area contributed by atoms with Gasteiger partial charge in [0, 0.05) is 17.7 Å². The lowest BCUT2D eigenvalue weighted by molar-refractivity contribution is -0.274. The van der Waals surface area contributed by atoms with Crippen LogP contribution in [0.15, 0.2) is 42.5 Å². The molecule has 1 aliphatic rings. The van der Waals surface area contributed by atoms with Crippen LogP contribution in [0.4, 0.5) is 18.9 Å². The van der Waals surface area contributed by atoms with E-state index in [0.717, 1.165) is 17.7 Å². The van der Waals surface area contributed by atoms with E-state index < -0.39 is 37.2 Å². The van der Waals surface area contributed by atoms with E-state index in [0.29, 0.717) is 17.9 Å². The number of alkyl halides is 3. The first-order chi connectivity index (χ1) is 14.5. The number of carbonyl (C=O) groups excluding carboxylic acids is 2. The van der Waals surface area contributed by atoms with Gasteiger partial charge in [-0.1, -0.05) is 12.1 Å². The molecule has 0 aromatic heterocycles. The molecule has 0 fully saturated rings. The molecule has 0 spiro atoms. The fourth-order valence-electron chi connectivity index (χ4n) is 2.96. The minimum absolute atomic E-state index is 0.214. The van der Waals surface area contributed by atoms with E-state index in [9.17, 15) is 22.8 Å². The molecule has 1 heterocycles. The van der Waals surface area contributed by atoms with Gasteiger partial charge in [-0.05, 0) is 44.2 Å². The van der Waals surface area contributed by atoms with E-state index in [-0.39, 0.29) is 11.3 Å². The molecule has 1 amide bonds. The Balaban J connectivity index is 1.43. The number of benzene rings is 2. The first kappa shape index (κ1) is 22.3. The molecule has 1 N–H and O–H groups in total. The highest BCUT2D eigenvalue weighted by molar-refractivity contribution is 5.92. The van der Waals surface area contributed by atoms with Crippen molar-refractivity contribution in [3.8, 4) is 17.2 Å². The minimum atomic E-state index is -4.80. The summed E-state index contributed by atoms with van der Waals surface area (Å²) >= 11 is 0. The van der Waals surface area contributed by atoms with E-state index >= 15 is 0 Å². The van der Waals surface area contributed by atoms with Crippen molar-refractivity contribution in [3.63, 3.8) is 0 Å². The Kier molecular flexibility index (Phi) is 6.28. The molecule has 0 atom stereocenters. The molecule has 0 saturated heterocycles. The van der Waals surface area contributed by atoms with Gasteiger partial charge >= 0.3 is 12.3 Å². The Bertz CT molecular complexity index is 957. The Morgan fingerprint density at radius 1 is 1.10 bits per heavy atom. The van der Waals surface area contributed by atoms with Gasteiger partial charge in [0.05, 0.1) is 0 Å². The summed E-state index contributed by atoms with van der Waals surface area (Å²) in [6.07, 6.45) is -4.09. The zero-order valence-corrected chi connectivity index (χ0v) is 16.7. The van der Waals surface area contributed by atoms with E-state index in [1.807, 2.05) is 19.9 Å². The van der Waals surface area contributed by atoms with Gasteiger partial charge in [0.1, 0.15) is 11.4 Å². The normalized spacial score (nSPS) is 14.2. The molecule has 2 aromatic carbocycles. The molecule has 31 heavy (non-hydrogen) atoms. The number of rotatable bonds is 7. The van der Waals surface area contributed by atoms with Crippen LogP contribution in [0, 0.1) is 0 Å². The fraction of sp³-hybridized carbons (Fsp3) is 0.333. The summed E-state index contributed by atoms with van der Waals surface area (Å²) in [5.41, 5.74) is 0.825. The third-order valence-corrected chi connectivity index (χ3v) is 4.14. The number of anilines is 1. The predicted octanol–water partition coefficient (Wildman–Crippen LogP) is 3.86. The quantitative estimate of drug-likeness (QED) is 0.660. The lowest BCUT2D eigenvalue weighted by atomic mass is 10.0. The van der Waals surface area contributed by atoms with Crippen molar-refractivity contribution in [2.75, 3.05) is 18.5 Å². The number of nitrogens with one attached hydrogen (secondary N) is 1. The molecule has 3 rings (SSSR count). The minimum Gasteiger partial charge on any atom is -0.483 e. The van der Waals surface area contributed by atoms with E-state index in [4.69, 9.17) is 14.2 Å². The SMILES string of the molecule is CC1(C)Cc2cccc(OCC(=O)OCC(=O)Nc3ccc(OC(F)(F)F)cc3)c2O1. The summed E-state index contributed by atoms with van der Waals surface area (Å²) in [6, 6.07) is 9.93. The first-order valence-electron chi connectivity index (χ1n) is 9.26. The molecule has 0 bridgehead atoms. The number of amides is 1. The number of ether oxygens (including phenoxy) is 4. The predicted molar refractivity (Wildman–Crippen MR) is 103 cm³/mol. The molecule has 0 unspecified atom stereocenters. The monoisotopic (exact) mass is 439 g/mol. The number of para-hydroxylation sites is 1. The van der Waals surface area contributed by atoms with Gasteiger partial charge in [-0.3, -0.25) is 4.79 Å². The zero-order valence-electron chi connectivity index (χ0n) is 16.7.